The quantitative estimate of drug-likeness (QED) is 0.0625. The average Bonchev–Trinajstić information content (AvgIpc) is 3.63. The number of amides is 4. The van der Waals surface area contributed by atoms with Crippen LogP contribution < -0.4 is 16.8 Å². The van der Waals surface area contributed by atoms with Crippen LogP contribution in [-0.4, -0.2) is 73.4 Å². The van der Waals surface area contributed by atoms with Crippen molar-refractivity contribution in [2.45, 2.75) is 131 Å². The number of hydrogen-bond donors (Lipinski definition) is 3. The smallest absolute Gasteiger partial charge is 0.306 e. The molecule has 0 aromatic rings. The van der Waals surface area contributed by atoms with E-state index < -0.39 is 11.8 Å². The molecule has 0 radical (unpaired) electrons. The van der Waals surface area contributed by atoms with Crippen molar-refractivity contribution in [3.8, 4) is 0 Å². The number of nitrogens with one attached hydrogen (secondary N) is 2. The van der Waals surface area contributed by atoms with E-state index >= 15 is 0 Å². The fourth-order valence-corrected chi connectivity index (χ4v) is 10.9. The number of imide groups is 1. The van der Waals surface area contributed by atoms with E-state index in [1.807, 2.05) is 0 Å². The SMILES string of the molecule is CC(C)CCC[C@@H](C)[C@H]1CC[C@H]2[C@@H]3CC=C4C[C@@H](OC(=O)CCC(=O)NCCOCCNC(=O)CCN5C(=O)C=CC5=O)CC[C@]4(C)[C@H]3CC[C@]12C.N. The first-order valence-electron chi connectivity index (χ1n) is 20.4. The summed E-state index contributed by atoms with van der Waals surface area (Å²) in [4.78, 5) is 61.1. The lowest BCUT2D eigenvalue weighted by molar-refractivity contribution is -0.152. The van der Waals surface area contributed by atoms with E-state index in [9.17, 15) is 24.0 Å². The monoisotopic (exact) mass is 741 g/mol. The van der Waals surface area contributed by atoms with E-state index in [1.54, 1.807) is 0 Å². The number of fused-ring (bicyclic) bond motifs is 5. The Bertz CT molecular complexity index is 1360. The number of esters is 1. The third kappa shape index (κ3) is 10.4. The topological polar surface area (TPSA) is 166 Å². The van der Waals surface area contributed by atoms with Gasteiger partial charge in [-0.2, -0.15) is 0 Å². The summed E-state index contributed by atoms with van der Waals surface area (Å²) in [5, 5.41) is 5.44. The van der Waals surface area contributed by atoms with Gasteiger partial charge in [0.05, 0.1) is 19.6 Å². The second-order valence-corrected chi connectivity index (χ2v) is 17.4. The van der Waals surface area contributed by atoms with Crippen molar-refractivity contribution in [3.63, 3.8) is 0 Å². The lowest BCUT2D eigenvalue weighted by atomic mass is 9.47. The molecular weight excluding hydrogens is 672 g/mol. The zero-order chi connectivity index (χ0) is 37.5. The highest BCUT2D eigenvalue weighted by molar-refractivity contribution is 6.13. The van der Waals surface area contributed by atoms with Crippen LogP contribution in [-0.2, 0) is 33.4 Å². The normalized spacial score (nSPS) is 30.9. The molecule has 1 heterocycles. The summed E-state index contributed by atoms with van der Waals surface area (Å²) in [5.41, 5.74) is 2.19. The molecule has 0 spiro atoms. The van der Waals surface area contributed by atoms with Crippen LogP contribution in [0.15, 0.2) is 23.8 Å². The van der Waals surface area contributed by atoms with Crippen LogP contribution in [0.5, 0.6) is 0 Å². The van der Waals surface area contributed by atoms with Gasteiger partial charge in [0.2, 0.25) is 11.8 Å². The minimum atomic E-state index is -0.410. The van der Waals surface area contributed by atoms with Gasteiger partial charge in [0.25, 0.3) is 11.8 Å². The Morgan fingerprint density at radius 2 is 1.55 bits per heavy atom. The van der Waals surface area contributed by atoms with Crippen LogP contribution in [0.2, 0.25) is 0 Å². The largest absolute Gasteiger partial charge is 0.462 e. The number of hydrogen-bond acceptors (Lipinski definition) is 8. The molecule has 5 rings (SSSR count). The molecule has 11 heteroatoms. The lowest BCUT2D eigenvalue weighted by Crippen LogP contribution is -2.51. The molecule has 4 amide bonds. The summed E-state index contributed by atoms with van der Waals surface area (Å²) >= 11 is 0. The molecule has 3 saturated carbocycles. The summed E-state index contributed by atoms with van der Waals surface area (Å²) in [5.74, 6) is 3.17. The maximum Gasteiger partial charge on any atom is 0.306 e. The van der Waals surface area contributed by atoms with Gasteiger partial charge in [0.15, 0.2) is 0 Å². The number of nitrogens with zero attached hydrogens (tertiary/aromatic N) is 1. The highest BCUT2D eigenvalue weighted by Gasteiger charge is 2.59. The molecule has 8 atom stereocenters. The molecule has 5 aliphatic rings. The number of carbonyl (C=O) groups excluding carboxylic acids is 5. The minimum absolute atomic E-state index is 0. The van der Waals surface area contributed by atoms with Crippen molar-refractivity contribution in [3.05, 3.63) is 23.8 Å². The number of carbonyl (C=O) groups is 5. The van der Waals surface area contributed by atoms with E-state index in [-0.39, 0.29) is 81.0 Å². The van der Waals surface area contributed by atoms with E-state index in [0.29, 0.717) is 12.0 Å². The molecular formula is C42H68N4O7. The molecule has 0 aromatic carbocycles. The van der Waals surface area contributed by atoms with E-state index in [2.05, 4.69) is 51.3 Å². The number of allylic oxidation sites excluding steroid dienone is 1. The van der Waals surface area contributed by atoms with Gasteiger partial charge in [0, 0.05) is 51.0 Å². The van der Waals surface area contributed by atoms with Crippen LogP contribution in [0, 0.1) is 46.3 Å². The molecule has 53 heavy (non-hydrogen) atoms. The minimum Gasteiger partial charge on any atom is -0.462 e. The number of ether oxygens (including phenoxy) is 2. The van der Waals surface area contributed by atoms with Crippen molar-refractivity contribution in [1.82, 2.24) is 21.7 Å². The van der Waals surface area contributed by atoms with Crippen LogP contribution in [0.1, 0.15) is 125 Å². The summed E-state index contributed by atoms with van der Waals surface area (Å²) < 4.78 is 11.4. The second-order valence-electron chi connectivity index (χ2n) is 17.4. The molecule has 3 fully saturated rings. The molecule has 5 N–H and O–H groups in total. The standard InChI is InChI=1S/C42H65N3O7.H3N/c1-28(2)7-6-8-29(3)33-11-12-34-32-10-9-30-27-31(17-20-41(30,4)35(32)18-21-42(33,34)5)52-40(50)16-13-36(46)43-22-25-51-26-23-44-37(47)19-24-45-38(48)14-15-39(45)49;/h9,14-15,28-29,31-35H,6-8,10-13,16-27H2,1-5H3,(H,43,46)(H,44,47);1H3/t29-,31+,32+,33-,34+,35+,41+,42-;/m1./s1. The Kier molecular flexibility index (Phi) is 15.3. The van der Waals surface area contributed by atoms with Crippen LogP contribution in [0.25, 0.3) is 0 Å². The van der Waals surface area contributed by atoms with Gasteiger partial charge in [-0.1, -0.05) is 65.5 Å². The van der Waals surface area contributed by atoms with Crippen LogP contribution in [0.4, 0.5) is 0 Å². The van der Waals surface area contributed by atoms with Crippen molar-refractivity contribution in [2.75, 3.05) is 32.8 Å². The highest BCUT2D eigenvalue weighted by atomic mass is 16.5. The Hall–Kier alpha value is -3.05. The third-order valence-electron chi connectivity index (χ3n) is 13.7. The summed E-state index contributed by atoms with van der Waals surface area (Å²) in [6.07, 6.45) is 18.5. The van der Waals surface area contributed by atoms with Crippen molar-refractivity contribution in [1.29, 1.82) is 0 Å². The Morgan fingerprint density at radius 1 is 0.868 bits per heavy atom. The van der Waals surface area contributed by atoms with E-state index in [1.165, 1.54) is 69.1 Å². The molecule has 4 aliphatic carbocycles. The Labute approximate surface area is 317 Å². The second kappa shape index (κ2) is 19.0. The van der Waals surface area contributed by atoms with Crippen molar-refractivity contribution < 1.29 is 33.4 Å². The molecule has 0 unspecified atom stereocenters. The molecule has 298 valence electrons. The molecule has 1 aliphatic heterocycles. The fourth-order valence-electron chi connectivity index (χ4n) is 10.9. The van der Waals surface area contributed by atoms with Gasteiger partial charge in [-0.25, -0.2) is 0 Å². The maximum absolute atomic E-state index is 12.8. The van der Waals surface area contributed by atoms with Gasteiger partial charge in [-0.05, 0) is 91.3 Å². The fraction of sp³-hybridized carbons (Fsp3) is 0.786. The van der Waals surface area contributed by atoms with Gasteiger partial charge >= 0.3 is 5.97 Å². The van der Waals surface area contributed by atoms with Crippen molar-refractivity contribution in [2.24, 2.45) is 46.3 Å². The molecule has 0 bridgehead atoms. The van der Waals surface area contributed by atoms with Crippen LogP contribution >= 0.6 is 0 Å². The van der Waals surface area contributed by atoms with Crippen LogP contribution in [0.3, 0.4) is 0 Å². The predicted molar refractivity (Wildman–Crippen MR) is 204 cm³/mol. The first kappa shape index (κ1) is 42.7. The van der Waals surface area contributed by atoms with Crippen molar-refractivity contribution >= 4 is 29.6 Å². The summed E-state index contributed by atoms with van der Waals surface area (Å²) in [6, 6.07) is 0. The van der Waals surface area contributed by atoms with Gasteiger partial charge in [-0.3, -0.25) is 28.9 Å². The van der Waals surface area contributed by atoms with Gasteiger partial charge in [-0.15, -0.1) is 0 Å². The lowest BCUT2D eigenvalue weighted by Gasteiger charge is -2.58. The highest BCUT2D eigenvalue weighted by Crippen LogP contribution is 2.67. The third-order valence-corrected chi connectivity index (χ3v) is 13.7. The maximum atomic E-state index is 12.8. The zero-order valence-electron chi connectivity index (χ0n) is 33.2. The zero-order valence-corrected chi connectivity index (χ0v) is 33.2. The summed E-state index contributed by atoms with van der Waals surface area (Å²) in [7, 11) is 0. The predicted octanol–water partition coefficient (Wildman–Crippen LogP) is 6.45. The molecule has 0 saturated heterocycles. The first-order chi connectivity index (χ1) is 24.8. The molecule has 11 nitrogen and oxygen atoms in total. The van der Waals surface area contributed by atoms with Gasteiger partial charge < -0.3 is 26.3 Å². The Morgan fingerprint density at radius 3 is 2.23 bits per heavy atom. The van der Waals surface area contributed by atoms with Gasteiger partial charge in [0.1, 0.15) is 6.10 Å². The van der Waals surface area contributed by atoms with E-state index in [0.717, 1.165) is 59.7 Å². The van der Waals surface area contributed by atoms with E-state index in [4.69, 9.17) is 9.47 Å². The summed E-state index contributed by atoms with van der Waals surface area (Å²) in [6.45, 7) is 13.5. The average molecular weight is 741 g/mol. The molecule has 0 aromatic heterocycles. The number of rotatable bonds is 18. The Balaban J connectivity index is 0.00000627. The first-order valence-corrected chi connectivity index (χ1v) is 20.4.